The van der Waals surface area contributed by atoms with Crippen LogP contribution in [0.4, 0.5) is 0 Å². The number of nitrogens with one attached hydrogen (secondary N) is 1. The Morgan fingerprint density at radius 2 is 2.06 bits per heavy atom. The van der Waals surface area contributed by atoms with Gasteiger partial charge in [0.1, 0.15) is 0 Å². The standard InChI is InChI=1S/C15H29N/c1-3-4-5-6-15(16-2)11-14-10-12-7-8-13(14)9-12/h12-16H,3-11H2,1-2H3. The highest BCUT2D eigenvalue weighted by molar-refractivity contribution is 4.91. The predicted octanol–water partition coefficient (Wildman–Crippen LogP) is 3.98. The third-order valence-electron chi connectivity index (χ3n) is 5.04. The molecule has 0 aromatic heterocycles. The van der Waals surface area contributed by atoms with Crippen molar-refractivity contribution < 1.29 is 0 Å². The molecule has 2 fully saturated rings. The van der Waals surface area contributed by atoms with Crippen molar-refractivity contribution in [2.75, 3.05) is 7.05 Å². The van der Waals surface area contributed by atoms with Crippen molar-refractivity contribution in [3.8, 4) is 0 Å². The van der Waals surface area contributed by atoms with Crippen molar-refractivity contribution in [1.82, 2.24) is 5.32 Å². The van der Waals surface area contributed by atoms with E-state index in [0.717, 1.165) is 23.8 Å². The van der Waals surface area contributed by atoms with E-state index in [4.69, 9.17) is 0 Å². The summed E-state index contributed by atoms with van der Waals surface area (Å²) >= 11 is 0. The summed E-state index contributed by atoms with van der Waals surface area (Å²) in [6, 6.07) is 0.802. The fourth-order valence-electron chi connectivity index (χ4n) is 4.05. The molecule has 16 heavy (non-hydrogen) atoms. The second kappa shape index (κ2) is 6.05. The van der Waals surface area contributed by atoms with Crippen LogP contribution in [0.1, 0.15) is 64.7 Å². The smallest absolute Gasteiger partial charge is 0.00668 e. The van der Waals surface area contributed by atoms with E-state index in [2.05, 4.69) is 19.3 Å². The maximum Gasteiger partial charge on any atom is 0.00668 e. The zero-order valence-corrected chi connectivity index (χ0v) is 11.2. The van der Waals surface area contributed by atoms with Gasteiger partial charge in [0, 0.05) is 6.04 Å². The number of fused-ring (bicyclic) bond motifs is 2. The molecule has 0 radical (unpaired) electrons. The average Bonchev–Trinajstić information content (AvgIpc) is 2.89. The Balaban J connectivity index is 1.70. The Morgan fingerprint density at radius 1 is 1.19 bits per heavy atom. The van der Waals surface area contributed by atoms with Crippen LogP contribution in [0.15, 0.2) is 0 Å². The minimum Gasteiger partial charge on any atom is -0.317 e. The zero-order valence-electron chi connectivity index (χ0n) is 11.2. The molecule has 2 aliphatic rings. The number of hydrogen-bond donors (Lipinski definition) is 1. The van der Waals surface area contributed by atoms with Crippen molar-refractivity contribution in [2.24, 2.45) is 17.8 Å². The van der Waals surface area contributed by atoms with E-state index in [1.807, 2.05) is 0 Å². The van der Waals surface area contributed by atoms with Crippen LogP contribution in [0.5, 0.6) is 0 Å². The molecule has 94 valence electrons. The lowest BCUT2D eigenvalue weighted by atomic mass is 9.83. The highest BCUT2D eigenvalue weighted by Crippen LogP contribution is 2.50. The quantitative estimate of drug-likeness (QED) is 0.644. The first-order chi connectivity index (χ1) is 7.83. The molecular weight excluding hydrogens is 194 g/mol. The van der Waals surface area contributed by atoms with Crippen molar-refractivity contribution in [3.63, 3.8) is 0 Å². The molecule has 2 saturated carbocycles. The van der Waals surface area contributed by atoms with Gasteiger partial charge in [0.25, 0.3) is 0 Å². The molecule has 2 aliphatic carbocycles. The van der Waals surface area contributed by atoms with Gasteiger partial charge < -0.3 is 5.32 Å². The minimum atomic E-state index is 0.802. The van der Waals surface area contributed by atoms with Crippen LogP contribution < -0.4 is 5.32 Å². The summed E-state index contributed by atoms with van der Waals surface area (Å²) in [6.07, 6.45) is 13.2. The third-order valence-corrected chi connectivity index (χ3v) is 5.04. The molecule has 1 nitrogen and oxygen atoms in total. The van der Waals surface area contributed by atoms with E-state index < -0.39 is 0 Å². The average molecular weight is 223 g/mol. The van der Waals surface area contributed by atoms with Crippen molar-refractivity contribution in [2.45, 2.75) is 70.8 Å². The highest BCUT2D eigenvalue weighted by Gasteiger charge is 2.39. The van der Waals surface area contributed by atoms with Gasteiger partial charge in [-0.1, -0.05) is 32.6 Å². The molecule has 2 rings (SSSR count). The molecule has 0 spiro atoms. The summed E-state index contributed by atoms with van der Waals surface area (Å²) in [5.41, 5.74) is 0. The number of unbranched alkanes of at least 4 members (excludes halogenated alkanes) is 2. The van der Waals surface area contributed by atoms with Crippen LogP contribution in [0, 0.1) is 17.8 Å². The van der Waals surface area contributed by atoms with E-state index in [0.29, 0.717) is 0 Å². The van der Waals surface area contributed by atoms with E-state index in [9.17, 15) is 0 Å². The van der Waals surface area contributed by atoms with Gasteiger partial charge in [-0.2, -0.15) is 0 Å². The van der Waals surface area contributed by atoms with Gasteiger partial charge >= 0.3 is 0 Å². The van der Waals surface area contributed by atoms with Crippen LogP contribution >= 0.6 is 0 Å². The predicted molar refractivity (Wildman–Crippen MR) is 70.5 cm³/mol. The molecule has 4 unspecified atom stereocenters. The Bertz CT molecular complexity index is 202. The van der Waals surface area contributed by atoms with Crippen molar-refractivity contribution >= 4 is 0 Å². The normalized spacial score (nSPS) is 34.5. The summed E-state index contributed by atoms with van der Waals surface area (Å²) in [6.45, 7) is 2.30. The molecular formula is C15H29N. The molecule has 0 aromatic carbocycles. The van der Waals surface area contributed by atoms with Crippen LogP contribution in [-0.4, -0.2) is 13.1 Å². The van der Waals surface area contributed by atoms with Gasteiger partial charge in [0.15, 0.2) is 0 Å². The first-order valence-electron chi connectivity index (χ1n) is 7.50. The lowest BCUT2D eigenvalue weighted by molar-refractivity contribution is 0.274. The largest absolute Gasteiger partial charge is 0.317 e. The Morgan fingerprint density at radius 3 is 2.62 bits per heavy atom. The fraction of sp³-hybridized carbons (Fsp3) is 1.00. The van der Waals surface area contributed by atoms with Gasteiger partial charge in [-0.25, -0.2) is 0 Å². The van der Waals surface area contributed by atoms with Crippen LogP contribution in [0.2, 0.25) is 0 Å². The topological polar surface area (TPSA) is 12.0 Å². The summed E-state index contributed by atoms with van der Waals surface area (Å²) in [4.78, 5) is 0. The molecule has 0 amide bonds. The summed E-state index contributed by atoms with van der Waals surface area (Å²) in [5, 5.41) is 3.55. The van der Waals surface area contributed by atoms with Crippen LogP contribution in [-0.2, 0) is 0 Å². The second-order valence-corrected chi connectivity index (χ2v) is 6.15. The Labute approximate surface area is 101 Å². The van der Waals surface area contributed by atoms with Crippen molar-refractivity contribution in [1.29, 1.82) is 0 Å². The summed E-state index contributed by atoms with van der Waals surface area (Å²) < 4.78 is 0. The number of rotatable bonds is 7. The monoisotopic (exact) mass is 223 g/mol. The van der Waals surface area contributed by atoms with Gasteiger partial charge in [-0.05, 0) is 56.9 Å². The third kappa shape index (κ3) is 3.00. The minimum absolute atomic E-state index is 0.802. The lowest BCUT2D eigenvalue weighted by Gasteiger charge is -2.26. The van der Waals surface area contributed by atoms with Gasteiger partial charge in [-0.15, -0.1) is 0 Å². The van der Waals surface area contributed by atoms with Gasteiger partial charge in [0.05, 0.1) is 0 Å². The van der Waals surface area contributed by atoms with E-state index in [1.165, 1.54) is 32.1 Å². The Hall–Kier alpha value is -0.0400. The molecule has 2 bridgehead atoms. The fourth-order valence-corrected chi connectivity index (χ4v) is 4.05. The molecule has 1 N–H and O–H groups in total. The number of hydrogen-bond acceptors (Lipinski definition) is 1. The van der Waals surface area contributed by atoms with Crippen molar-refractivity contribution in [3.05, 3.63) is 0 Å². The first kappa shape index (κ1) is 12.4. The van der Waals surface area contributed by atoms with Gasteiger partial charge in [0.2, 0.25) is 0 Å². The van der Waals surface area contributed by atoms with E-state index in [1.54, 1.807) is 25.7 Å². The SMILES string of the molecule is CCCCCC(CC1CC2CCC1C2)NC. The van der Waals surface area contributed by atoms with E-state index >= 15 is 0 Å². The van der Waals surface area contributed by atoms with E-state index in [-0.39, 0.29) is 0 Å². The molecule has 1 heteroatoms. The molecule has 0 aromatic rings. The van der Waals surface area contributed by atoms with Gasteiger partial charge in [-0.3, -0.25) is 0 Å². The first-order valence-corrected chi connectivity index (χ1v) is 7.50. The maximum atomic E-state index is 3.55. The second-order valence-electron chi connectivity index (χ2n) is 6.15. The van der Waals surface area contributed by atoms with Crippen LogP contribution in [0.25, 0.3) is 0 Å². The molecule has 0 heterocycles. The molecule has 0 saturated heterocycles. The van der Waals surface area contributed by atoms with Crippen LogP contribution in [0.3, 0.4) is 0 Å². The summed E-state index contributed by atoms with van der Waals surface area (Å²) in [7, 11) is 2.16. The molecule has 4 atom stereocenters. The highest BCUT2D eigenvalue weighted by atomic mass is 14.9. The summed E-state index contributed by atoms with van der Waals surface area (Å²) in [5.74, 6) is 3.29. The zero-order chi connectivity index (χ0) is 11.4. The maximum absolute atomic E-state index is 3.55. The lowest BCUT2D eigenvalue weighted by Crippen LogP contribution is -2.29. The molecule has 0 aliphatic heterocycles. The Kier molecular flexibility index (Phi) is 4.69.